The Balaban J connectivity index is 2.39. The monoisotopic (exact) mass is 298 g/mol. The van der Waals surface area contributed by atoms with Crippen molar-refractivity contribution < 1.29 is 9.66 Å². The number of nitro benzene ring substituents is 1. The highest BCUT2D eigenvalue weighted by molar-refractivity contribution is 7.98. The highest BCUT2D eigenvalue weighted by atomic mass is 32.2. The molecule has 5 nitrogen and oxygen atoms in total. The summed E-state index contributed by atoms with van der Waals surface area (Å²) >= 11 is 1.87. The first kappa shape index (κ1) is 16.8. The van der Waals surface area contributed by atoms with Gasteiger partial charge in [0.05, 0.1) is 18.1 Å². The van der Waals surface area contributed by atoms with E-state index in [1.807, 2.05) is 17.8 Å². The minimum Gasteiger partial charge on any atom is -0.496 e. The van der Waals surface area contributed by atoms with Crippen molar-refractivity contribution in [3.8, 4) is 5.75 Å². The Labute approximate surface area is 124 Å². The van der Waals surface area contributed by atoms with Gasteiger partial charge in [0.25, 0.3) is 5.69 Å². The van der Waals surface area contributed by atoms with E-state index >= 15 is 0 Å². The number of rotatable bonds is 10. The zero-order valence-corrected chi connectivity index (χ0v) is 12.9. The fraction of sp³-hybridized carbons (Fsp3) is 0.571. The molecule has 0 bridgehead atoms. The number of benzene rings is 1. The third kappa shape index (κ3) is 6.25. The molecule has 0 aliphatic carbocycles. The van der Waals surface area contributed by atoms with E-state index < -0.39 is 4.92 Å². The van der Waals surface area contributed by atoms with Gasteiger partial charge >= 0.3 is 0 Å². The van der Waals surface area contributed by atoms with Crippen LogP contribution in [-0.2, 0) is 6.54 Å². The van der Waals surface area contributed by atoms with Gasteiger partial charge in [-0.15, -0.1) is 0 Å². The maximum atomic E-state index is 10.8. The standard InChI is InChI=1S/C14H22N2O3S/c1-19-14-9-12(8-13(10-14)16(17)18)11-15-6-4-3-5-7-20-2/h8-10,15H,3-7,11H2,1-2H3. The molecule has 0 aliphatic heterocycles. The van der Waals surface area contributed by atoms with Gasteiger partial charge in [-0.2, -0.15) is 11.8 Å². The fourth-order valence-electron chi connectivity index (χ4n) is 1.87. The maximum absolute atomic E-state index is 10.8. The number of nitrogens with one attached hydrogen (secondary N) is 1. The van der Waals surface area contributed by atoms with Crippen molar-refractivity contribution in [1.82, 2.24) is 5.32 Å². The molecule has 0 aliphatic rings. The van der Waals surface area contributed by atoms with Crippen LogP contribution < -0.4 is 10.1 Å². The van der Waals surface area contributed by atoms with Crippen LogP contribution in [0.4, 0.5) is 5.69 Å². The van der Waals surface area contributed by atoms with Crippen LogP contribution in [-0.4, -0.2) is 30.6 Å². The molecule has 0 spiro atoms. The first-order valence-electron chi connectivity index (χ1n) is 6.69. The smallest absolute Gasteiger partial charge is 0.273 e. The second kappa shape index (κ2) is 9.61. The molecular weight excluding hydrogens is 276 g/mol. The summed E-state index contributed by atoms with van der Waals surface area (Å²) < 4.78 is 5.08. The number of thioether (sulfide) groups is 1. The van der Waals surface area contributed by atoms with Crippen molar-refractivity contribution >= 4 is 17.4 Å². The van der Waals surface area contributed by atoms with Gasteiger partial charge in [0, 0.05) is 12.6 Å². The van der Waals surface area contributed by atoms with E-state index in [4.69, 9.17) is 4.74 Å². The summed E-state index contributed by atoms with van der Waals surface area (Å²) in [5, 5.41) is 14.1. The lowest BCUT2D eigenvalue weighted by Gasteiger charge is -2.07. The van der Waals surface area contributed by atoms with E-state index in [0.717, 1.165) is 18.5 Å². The van der Waals surface area contributed by atoms with Crippen molar-refractivity contribution in [3.63, 3.8) is 0 Å². The van der Waals surface area contributed by atoms with E-state index in [2.05, 4.69) is 11.6 Å². The highest BCUT2D eigenvalue weighted by Gasteiger charge is 2.09. The van der Waals surface area contributed by atoms with E-state index in [1.54, 1.807) is 6.07 Å². The number of nitrogens with zero attached hydrogens (tertiary/aromatic N) is 1. The lowest BCUT2D eigenvalue weighted by molar-refractivity contribution is -0.385. The number of hydrogen-bond donors (Lipinski definition) is 1. The first-order valence-corrected chi connectivity index (χ1v) is 8.08. The molecule has 1 rings (SSSR count). The largest absolute Gasteiger partial charge is 0.496 e. The van der Waals surface area contributed by atoms with Crippen molar-refractivity contribution in [3.05, 3.63) is 33.9 Å². The molecule has 20 heavy (non-hydrogen) atoms. The van der Waals surface area contributed by atoms with E-state index in [-0.39, 0.29) is 5.69 Å². The summed E-state index contributed by atoms with van der Waals surface area (Å²) in [4.78, 5) is 10.4. The molecule has 0 saturated carbocycles. The van der Waals surface area contributed by atoms with Gasteiger partial charge in [0.2, 0.25) is 0 Å². The van der Waals surface area contributed by atoms with Gasteiger partial charge in [-0.1, -0.05) is 6.42 Å². The molecule has 6 heteroatoms. The molecule has 0 unspecified atom stereocenters. The number of unbranched alkanes of at least 4 members (excludes halogenated alkanes) is 2. The van der Waals surface area contributed by atoms with Crippen molar-refractivity contribution in [2.45, 2.75) is 25.8 Å². The minimum absolute atomic E-state index is 0.0705. The van der Waals surface area contributed by atoms with Crippen molar-refractivity contribution in [1.29, 1.82) is 0 Å². The summed E-state index contributed by atoms with van der Waals surface area (Å²) in [5.74, 6) is 1.73. The summed E-state index contributed by atoms with van der Waals surface area (Å²) in [6, 6.07) is 4.85. The van der Waals surface area contributed by atoms with Crippen LogP contribution in [0.1, 0.15) is 24.8 Å². The normalized spacial score (nSPS) is 10.5. The molecule has 112 valence electrons. The molecule has 0 atom stereocenters. The van der Waals surface area contributed by atoms with Crippen LogP contribution in [0.15, 0.2) is 18.2 Å². The van der Waals surface area contributed by atoms with Crippen molar-refractivity contribution in [2.24, 2.45) is 0 Å². The number of nitro groups is 1. The molecule has 1 aromatic rings. The summed E-state index contributed by atoms with van der Waals surface area (Å²) in [6.45, 7) is 1.56. The molecule has 0 radical (unpaired) electrons. The van der Waals surface area contributed by atoms with Gasteiger partial charge < -0.3 is 10.1 Å². The summed E-state index contributed by atoms with van der Waals surface area (Å²) in [6.07, 6.45) is 5.71. The Morgan fingerprint density at radius 3 is 2.75 bits per heavy atom. The van der Waals surface area contributed by atoms with Crippen LogP contribution in [0.25, 0.3) is 0 Å². The van der Waals surface area contributed by atoms with Crippen LogP contribution >= 0.6 is 11.8 Å². The first-order chi connectivity index (χ1) is 9.67. The zero-order valence-electron chi connectivity index (χ0n) is 12.1. The molecule has 1 aromatic carbocycles. The molecule has 0 aromatic heterocycles. The minimum atomic E-state index is -0.394. The summed E-state index contributed by atoms with van der Waals surface area (Å²) in [5.41, 5.74) is 0.946. The lowest BCUT2D eigenvalue weighted by Crippen LogP contribution is -2.14. The average Bonchev–Trinajstić information content (AvgIpc) is 2.46. The SMILES string of the molecule is COc1cc(CNCCCCCSC)cc([N+](=O)[O-])c1. The fourth-order valence-corrected chi connectivity index (χ4v) is 2.37. The third-order valence-corrected chi connectivity index (χ3v) is 3.63. The maximum Gasteiger partial charge on any atom is 0.273 e. The average molecular weight is 298 g/mol. The topological polar surface area (TPSA) is 64.4 Å². The van der Waals surface area contributed by atoms with Gasteiger partial charge in [-0.3, -0.25) is 10.1 Å². The number of methoxy groups -OCH3 is 1. The Bertz CT molecular complexity index is 427. The lowest BCUT2D eigenvalue weighted by atomic mass is 10.2. The molecular formula is C14H22N2O3S. The van der Waals surface area contributed by atoms with Crippen LogP contribution in [0.5, 0.6) is 5.75 Å². The van der Waals surface area contributed by atoms with Crippen molar-refractivity contribution in [2.75, 3.05) is 25.7 Å². The summed E-state index contributed by atoms with van der Waals surface area (Å²) in [7, 11) is 1.52. The number of non-ortho nitro benzene ring substituents is 1. The van der Waals surface area contributed by atoms with Gasteiger partial charge in [0.15, 0.2) is 0 Å². The molecule has 0 saturated heterocycles. The Hall–Kier alpha value is -1.27. The molecule has 0 fully saturated rings. The predicted molar refractivity (Wildman–Crippen MR) is 83.6 cm³/mol. The van der Waals surface area contributed by atoms with Crippen LogP contribution in [0.3, 0.4) is 0 Å². The predicted octanol–water partition coefficient (Wildman–Crippen LogP) is 3.23. The van der Waals surface area contributed by atoms with Gasteiger partial charge in [-0.25, -0.2) is 0 Å². The van der Waals surface area contributed by atoms with Gasteiger partial charge in [0.1, 0.15) is 5.75 Å². The second-order valence-electron chi connectivity index (χ2n) is 4.53. The Morgan fingerprint density at radius 2 is 2.10 bits per heavy atom. The van der Waals surface area contributed by atoms with Crippen LogP contribution in [0, 0.1) is 10.1 Å². The van der Waals surface area contributed by atoms with Crippen LogP contribution in [0.2, 0.25) is 0 Å². The molecule has 0 amide bonds. The molecule has 1 N–H and O–H groups in total. The Kier molecular flexibility index (Phi) is 8.06. The zero-order chi connectivity index (χ0) is 14.8. The second-order valence-corrected chi connectivity index (χ2v) is 5.51. The Morgan fingerprint density at radius 1 is 1.30 bits per heavy atom. The quantitative estimate of drug-likeness (QED) is 0.408. The number of hydrogen-bond acceptors (Lipinski definition) is 5. The third-order valence-electron chi connectivity index (χ3n) is 2.93. The van der Waals surface area contributed by atoms with E-state index in [0.29, 0.717) is 12.3 Å². The van der Waals surface area contributed by atoms with E-state index in [9.17, 15) is 10.1 Å². The number of ether oxygens (including phenoxy) is 1. The molecule has 0 heterocycles. The van der Waals surface area contributed by atoms with E-state index in [1.165, 1.54) is 31.8 Å². The van der Waals surface area contributed by atoms with Gasteiger partial charge in [-0.05, 0) is 43.0 Å². The highest BCUT2D eigenvalue weighted by Crippen LogP contribution is 2.22.